The van der Waals surface area contributed by atoms with Gasteiger partial charge in [-0.1, -0.05) is 24.3 Å². The van der Waals surface area contributed by atoms with Crippen LogP contribution in [0.15, 0.2) is 36.4 Å². The Kier molecular flexibility index (Phi) is 8.82. The highest BCUT2D eigenvalue weighted by atomic mass is 16.4. The van der Waals surface area contributed by atoms with Crippen LogP contribution in [0.2, 0.25) is 0 Å². The van der Waals surface area contributed by atoms with Crippen LogP contribution in [-0.2, 0) is 9.59 Å². The fourth-order valence-electron chi connectivity index (χ4n) is 1.44. The fourth-order valence-corrected chi connectivity index (χ4v) is 1.44. The molecule has 1 aromatic carbocycles. The number of amides is 2. The Hall–Kier alpha value is -3.40. The molecule has 2 rings (SSSR count). The highest BCUT2D eigenvalue weighted by Gasteiger charge is 2.08. The van der Waals surface area contributed by atoms with Crippen LogP contribution in [0.1, 0.15) is 17.4 Å². The van der Waals surface area contributed by atoms with Crippen molar-refractivity contribution in [3.8, 4) is 12.8 Å². The Morgan fingerprint density at radius 3 is 2.30 bits per heavy atom. The van der Waals surface area contributed by atoms with Crippen molar-refractivity contribution in [3.63, 3.8) is 0 Å². The van der Waals surface area contributed by atoms with Gasteiger partial charge in [0.05, 0.1) is 5.52 Å². The van der Waals surface area contributed by atoms with Crippen molar-refractivity contribution in [2.45, 2.75) is 6.92 Å². The smallest absolute Gasteiger partial charge is 0.322 e. The van der Waals surface area contributed by atoms with Crippen molar-refractivity contribution >= 4 is 28.7 Å². The maximum absolute atomic E-state index is 11.6. The molecule has 4 N–H and O–H groups in total. The number of carboxylic acid groups (broad SMARTS) is 1. The molecule has 0 atom stereocenters. The van der Waals surface area contributed by atoms with Crippen molar-refractivity contribution in [3.05, 3.63) is 42.1 Å². The number of primary amides is 1. The number of benzene rings is 1. The van der Waals surface area contributed by atoms with E-state index in [-0.39, 0.29) is 11.6 Å². The van der Waals surface area contributed by atoms with Gasteiger partial charge in [0.1, 0.15) is 12.2 Å². The molecule has 0 saturated heterocycles. The third-order valence-electron chi connectivity index (χ3n) is 2.23. The Morgan fingerprint density at radius 2 is 1.74 bits per heavy atom. The van der Waals surface area contributed by atoms with E-state index in [4.69, 9.17) is 5.11 Å². The van der Waals surface area contributed by atoms with Gasteiger partial charge in [0, 0.05) is 12.3 Å². The van der Waals surface area contributed by atoms with Crippen LogP contribution in [-0.4, -0.2) is 34.4 Å². The average molecular weight is 315 g/mol. The van der Waals surface area contributed by atoms with Crippen molar-refractivity contribution < 1.29 is 19.5 Å². The van der Waals surface area contributed by atoms with E-state index in [0.717, 1.165) is 5.39 Å². The molecular formula is C16H17N3O4. The Morgan fingerprint density at radius 1 is 1.17 bits per heavy atom. The number of carboxylic acids is 1. The molecule has 0 spiro atoms. The van der Waals surface area contributed by atoms with Gasteiger partial charge in [0.25, 0.3) is 5.91 Å². The van der Waals surface area contributed by atoms with E-state index >= 15 is 0 Å². The summed E-state index contributed by atoms with van der Waals surface area (Å²) in [6.07, 6.45) is 8.00. The molecule has 0 radical (unpaired) electrons. The van der Waals surface area contributed by atoms with Gasteiger partial charge in [-0.15, -0.1) is 12.8 Å². The van der Waals surface area contributed by atoms with Gasteiger partial charge in [-0.25, -0.2) is 4.98 Å². The van der Waals surface area contributed by atoms with Crippen LogP contribution in [0.5, 0.6) is 0 Å². The average Bonchev–Trinajstić information content (AvgIpc) is 2.53. The van der Waals surface area contributed by atoms with Gasteiger partial charge in [-0.2, -0.15) is 0 Å². The lowest BCUT2D eigenvalue weighted by Crippen LogP contribution is -2.29. The molecule has 0 unspecified atom stereocenters. The van der Waals surface area contributed by atoms with E-state index in [2.05, 4.69) is 28.9 Å². The first kappa shape index (κ1) is 19.6. The van der Waals surface area contributed by atoms with Crippen molar-refractivity contribution in [2.75, 3.05) is 6.54 Å². The zero-order valence-electron chi connectivity index (χ0n) is 12.5. The second-order valence-corrected chi connectivity index (χ2v) is 4.08. The standard InChI is InChI=1S/C12H10N2O3.C2H5NO.C2H2/c15-11(16)7-13-12(17)10-6-5-8-3-1-2-4-9(8)14-10;1-2(3)4;1-2/h1-6H,7H2,(H,13,17)(H,15,16);1H3,(H2,3,4);1-2H. The third-order valence-corrected chi connectivity index (χ3v) is 2.23. The molecule has 0 aliphatic rings. The Balaban J connectivity index is 0.000000705. The lowest BCUT2D eigenvalue weighted by atomic mass is 10.2. The van der Waals surface area contributed by atoms with Crippen molar-refractivity contribution in [2.24, 2.45) is 5.73 Å². The summed E-state index contributed by atoms with van der Waals surface area (Å²) < 4.78 is 0. The van der Waals surface area contributed by atoms with E-state index in [1.807, 2.05) is 18.2 Å². The minimum absolute atomic E-state index is 0.213. The number of fused-ring (bicyclic) bond motifs is 1. The van der Waals surface area contributed by atoms with E-state index in [1.54, 1.807) is 18.2 Å². The summed E-state index contributed by atoms with van der Waals surface area (Å²) in [7, 11) is 0. The predicted octanol–water partition coefficient (Wildman–Crippen LogP) is 0.790. The monoisotopic (exact) mass is 315 g/mol. The van der Waals surface area contributed by atoms with Gasteiger partial charge in [-0.05, 0) is 12.1 Å². The van der Waals surface area contributed by atoms with Crippen LogP contribution in [0.25, 0.3) is 10.9 Å². The molecule has 0 aliphatic heterocycles. The first-order chi connectivity index (χ1) is 10.9. The summed E-state index contributed by atoms with van der Waals surface area (Å²) in [5, 5.41) is 11.6. The minimum atomic E-state index is -1.08. The van der Waals surface area contributed by atoms with Gasteiger partial charge < -0.3 is 16.2 Å². The number of carbonyl (C=O) groups is 3. The topological polar surface area (TPSA) is 122 Å². The van der Waals surface area contributed by atoms with Crippen molar-refractivity contribution in [1.82, 2.24) is 10.3 Å². The van der Waals surface area contributed by atoms with Gasteiger partial charge in [-0.3, -0.25) is 14.4 Å². The largest absolute Gasteiger partial charge is 0.480 e. The van der Waals surface area contributed by atoms with E-state index in [1.165, 1.54) is 6.92 Å². The molecule has 1 aromatic heterocycles. The molecule has 7 heteroatoms. The maximum atomic E-state index is 11.6. The normalized spacial score (nSPS) is 8.65. The summed E-state index contributed by atoms with van der Waals surface area (Å²) in [6.45, 7) is 0.896. The molecule has 1 heterocycles. The number of terminal acetylenes is 1. The van der Waals surface area contributed by atoms with Gasteiger partial charge >= 0.3 is 5.97 Å². The number of aromatic nitrogens is 1. The highest BCUT2D eigenvalue weighted by molar-refractivity contribution is 5.96. The molecule has 2 aromatic rings. The summed E-state index contributed by atoms with van der Waals surface area (Å²) in [4.78, 5) is 35.2. The first-order valence-electron chi connectivity index (χ1n) is 6.35. The number of nitrogens with two attached hydrogens (primary N) is 1. The SMILES string of the molecule is C#C.CC(N)=O.O=C(O)CNC(=O)c1ccc2ccccc2n1. The second-order valence-electron chi connectivity index (χ2n) is 4.08. The van der Waals surface area contributed by atoms with Crippen LogP contribution in [0.3, 0.4) is 0 Å². The Bertz CT molecular complexity index is 707. The van der Waals surface area contributed by atoms with Crippen LogP contribution >= 0.6 is 0 Å². The summed E-state index contributed by atoms with van der Waals surface area (Å²) in [5.74, 6) is -1.91. The number of rotatable bonds is 3. The van der Waals surface area contributed by atoms with Crippen LogP contribution < -0.4 is 11.1 Å². The van der Waals surface area contributed by atoms with Crippen LogP contribution in [0, 0.1) is 12.8 Å². The quantitative estimate of drug-likeness (QED) is 0.723. The molecular weight excluding hydrogens is 298 g/mol. The molecule has 23 heavy (non-hydrogen) atoms. The molecule has 2 amide bonds. The lowest BCUT2D eigenvalue weighted by molar-refractivity contribution is -0.135. The number of pyridine rings is 1. The number of nitrogens with zero attached hydrogens (tertiary/aromatic N) is 1. The number of nitrogens with one attached hydrogen (secondary N) is 1. The zero-order chi connectivity index (χ0) is 17.8. The van der Waals surface area contributed by atoms with Gasteiger partial charge in [0.2, 0.25) is 5.91 Å². The molecule has 0 fully saturated rings. The fraction of sp³-hybridized carbons (Fsp3) is 0.125. The summed E-state index contributed by atoms with van der Waals surface area (Å²) >= 11 is 0. The number of hydrogen-bond acceptors (Lipinski definition) is 4. The highest BCUT2D eigenvalue weighted by Crippen LogP contribution is 2.11. The minimum Gasteiger partial charge on any atom is -0.480 e. The number of aliphatic carboxylic acids is 1. The Labute approximate surface area is 133 Å². The molecule has 0 saturated carbocycles. The lowest BCUT2D eigenvalue weighted by Gasteiger charge is -2.03. The van der Waals surface area contributed by atoms with E-state index in [0.29, 0.717) is 5.52 Å². The second kappa shape index (κ2) is 10.3. The summed E-state index contributed by atoms with van der Waals surface area (Å²) in [6, 6.07) is 10.7. The molecule has 120 valence electrons. The molecule has 7 nitrogen and oxygen atoms in total. The number of para-hydroxylation sites is 1. The van der Waals surface area contributed by atoms with Gasteiger partial charge in [0.15, 0.2) is 0 Å². The zero-order valence-corrected chi connectivity index (χ0v) is 12.5. The van der Waals surface area contributed by atoms with Crippen LogP contribution in [0.4, 0.5) is 0 Å². The summed E-state index contributed by atoms with van der Waals surface area (Å²) in [5.41, 5.74) is 5.39. The third kappa shape index (κ3) is 7.82. The number of hydrogen-bond donors (Lipinski definition) is 3. The first-order valence-corrected chi connectivity index (χ1v) is 6.35. The predicted molar refractivity (Wildman–Crippen MR) is 86.5 cm³/mol. The number of carbonyl (C=O) groups excluding carboxylic acids is 2. The van der Waals surface area contributed by atoms with Crippen molar-refractivity contribution in [1.29, 1.82) is 0 Å². The van der Waals surface area contributed by atoms with E-state index in [9.17, 15) is 14.4 Å². The van der Waals surface area contributed by atoms with E-state index < -0.39 is 18.4 Å². The molecule has 0 bridgehead atoms. The molecule has 0 aliphatic carbocycles. The maximum Gasteiger partial charge on any atom is 0.322 e.